The summed E-state index contributed by atoms with van der Waals surface area (Å²) in [6.07, 6.45) is 0.843. The van der Waals surface area contributed by atoms with E-state index in [1.807, 2.05) is 0 Å². The molecule has 0 fully saturated rings. The van der Waals surface area contributed by atoms with E-state index in [-0.39, 0.29) is 0 Å². The Labute approximate surface area is 56.2 Å². The van der Waals surface area contributed by atoms with Crippen molar-refractivity contribution in [3.05, 3.63) is 6.20 Å². The molecule has 1 aromatic rings. The zero-order valence-electron chi connectivity index (χ0n) is 4.67. The Kier molecular flexibility index (Phi) is 1.34. The topological polar surface area (TPSA) is 111 Å². The lowest BCUT2D eigenvalue weighted by Gasteiger charge is -1.84. The molecule has 7 nitrogen and oxygen atoms in total. The number of nitrogens with two attached hydrogens (primary N) is 1. The van der Waals surface area contributed by atoms with Gasteiger partial charge in [-0.3, -0.25) is 4.55 Å². The quantitative estimate of drug-likeness (QED) is 0.375. The molecule has 0 saturated heterocycles. The van der Waals surface area contributed by atoms with E-state index in [0.29, 0.717) is 4.91 Å². The van der Waals surface area contributed by atoms with Crippen LogP contribution in [0, 0.1) is 0 Å². The van der Waals surface area contributed by atoms with Crippen molar-refractivity contribution in [2.24, 2.45) is 0 Å². The Hall–Kier alpha value is -1.15. The van der Waals surface area contributed by atoms with Gasteiger partial charge in [0.1, 0.15) is 0 Å². The lowest BCUT2D eigenvalue weighted by molar-refractivity contribution is 0.477. The van der Waals surface area contributed by atoms with Crippen molar-refractivity contribution in [1.82, 2.24) is 15.1 Å². The molecule has 56 valence electrons. The molecule has 3 N–H and O–H groups in total. The van der Waals surface area contributed by atoms with E-state index in [4.69, 9.17) is 10.4 Å². The van der Waals surface area contributed by atoms with Gasteiger partial charge in [0.15, 0.2) is 0 Å². The molecule has 0 amide bonds. The third-order valence-corrected chi connectivity index (χ3v) is 1.47. The first kappa shape index (κ1) is 6.96. The summed E-state index contributed by atoms with van der Waals surface area (Å²) in [6, 6.07) is 0. The van der Waals surface area contributed by atoms with Crippen LogP contribution in [0.15, 0.2) is 11.2 Å². The van der Waals surface area contributed by atoms with Crippen molar-refractivity contribution in [1.29, 1.82) is 0 Å². The van der Waals surface area contributed by atoms with Crippen molar-refractivity contribution in [2.75, 3.05) is 5.84 Å². The number of rotatable bonds is 1. The van der Waals surface area contributed by atoms with Crippen LogP contribution in [0.5, 0.6) is 0 Å². The van der Waals surface area contributed by atoms with Gasteiger partial charge < -0.3 is 5.84 Å². The summed E-state index contributed by atoms with van der Waals surface area (Å²) in [5.74, 6) is 4.89. The molecule has 0 aliphatic heterocycles. The molecule has 1 heterocycles. The highest BCUT2D eigenvalue weighted by Gasteiger charge is 2.12. The molecule has 10 heavy (non-hydrogen) atoms. The first-order valence-corrected chi connectivity index (χ1v) is 3.59. The first-order valence-electron chi connectivity index (χ1n) is 2.15. The van der Waals surface area contributed by atoms with E-state index in [1.165, 1.54) is 0 Å². The van der Waals surface area contributed by atoms with E-state index in [9.17, 15) is 8.42 Å². The minimum Gasteiger partial charge on any atom is -0.306 e. The fraction of sp³-hybridized carbons (Fsp3) is 0. The maximum Gasteiger partial charge on any atom is 0.315 e. The van der Waals surface area contributed by atoms with Crippen molar-refractivity contribution in [3.63, 3.8) is 0 Å². The SMILES string of the molecule is Nn1ncc(S(=O)(=O)O)n1. The van der Waals surface area contributed by atoms with Crippen LogP contribution in [-0.4, -0.2) is 28.1 Å². The third-order valence-electron chi connectivity index (χ3n) is 0.752. The minimum absolute atomic E-state index is 0.545. The van der Waals surface area contributed by atoms with Crippen LogP contribution in [-0.2, 0) is 10.1 Å². The average Bonchev–Trinajstić information content (AvgIpc) is 2.11. The number of nitrogens with zero attached hydrogens (tertiary/aromatic N) is 3. The second-order valence-corrected chi connectivity index (χ2v) is 2.85. The highest BCUT2D eigenvalue weighted by molar-refractivity contribution is 7.85. The van der Waals surface area contributed by atoms with Crippen LogP contribution in [0.3, 0.4) is 0 Å². The Morgan fingerprint density at radius 1 is 1.70 bits per heavy atom. The summed E-state index contributed by atoms with van der Waals surface area (Å²) in [4.78, 5) is 0.545. The molecule has 0 aromatic carbocycles. The van der Waals surface area contributed by atoms with Crippen LogP contribution < -0.4 is 5.84 Å². The van der Waals surface area contributed by atoms with Gasteiger partial charge in [0, 0.05) is 0 Å². The normalized spacial score (nSPS) is 11.7. The van der Waals surface area contributed by atoms with Gasteiger partial charge in [-0.05, 0) is 0 Å². The summed E-state index contributed by atoms with van der Waals surface area (Å²) in [7, 11) is -4.26. The molecule has 0 spiro atoms. The molecule has 1 aromatic heterocycles. The second kappa shape index (κ2) is 1.92. The fourth-order valence-electron chi connectivity index (χ4n) is 0.379. The molecule has 0 aliphatic carbocycles. The van der Waals surface area contributed by atoms with E-state index in [1.54, 1.807) is 0 Å². The van der Waals surface area contributed by atoms with Gasteiger partial charge in [0.05, 0.1) is 6.20 Å². The van der Waals surface area contributed by atoms with Gasteiger partial charge in [-0.15, -0.1) is 10.2 Å². The van der Waals surface area contributed by atoms with E-state index in [2.05, 4.69) is 10.2 Å². The van der Waals surface area contributed by atoms with Crippen molar-refractivity contribution >= 4 is 10.1 Å². The van der Waals surface area contributed by atoms with Gasteiger partial charge in [0.25, 0.3) is 0 Å². The van der Waals surface area contributed by atoms with E-state index < -0.39 is 15.1 Å². The molecule has 0 bridgehead atoms. The average molecular weight is 164 g/mol. The number of hydrogen-bond donors (Lipinski definition) is 2. The highest BCUT2D eigenvalue weighted by atomic mass is 32.2. The molecule has 0 radical (unpaired) electrons. The fourth-order valence-corrected chi connectivity index (χ4v) is 0.747. The molecule has 8 heteroatoms. The molecule has 1 rings (SSSR count). The summed E-state index contributed by atoms with van der Waals surface area (Å²) >= 11 is 0. The number of hydrogen-bond acceptors (Lipinski definition) is 5. The molecule has 0 atom stereocenters. The lowest BCUT2D eigenvalue weighted by Crippen LogP contribution is -2.12. The number of nitrogen functional groups attached to an aromatic ring is 1. The highest BCUT2D eigenvalue weighted by Crippen LogP contribution is 1.98. The Bertz CT molecular complexity index is 326. The van der Waals surface area contributed by atoms with Gasteiger partial charge >= 0.3 is 10.1 Å². The Morgan fingerprint density at radius 2 is 2.30 bits per heavy atom. The Morgan fingerprint density at radius 3 is 2.50 bits per heavy atom. The Balaban J connectivity index is 3.21. The van der Waals surface area contributed by atoms with Gasteiger partial charge in [-0.25, -0.2) is 0 Å². The maximum absolute atomic E-state index is 10.2. The standard InChI is InChI=1S/C2H4N4O3S/c3-6-4-1-2(5-6)10(7,8)9/h1H,3H2,(H,7,8,9). The van der Waals surface area contributed by atoms with Crippen LogP contribution in [0.2, 0.25) is 0 Å². The molecular formula is C2H4N4O3S. The minimum atomic E-state index is -4.26. The van der Waals surface area contributed by atoms with Crippen molar-refractivity contribution in [3.8, 4) is 0 Å². The summed E-state index contributed by atoms with van der Waals surface area (Å²) in [6.45, 7) is 0. The van der Waals surface area contributed by atoms with Gasteiger partial charge in [0.2, 0.25) is 5.03 Å². The smallest absolute Gasteiger partial charge is 0.306 e. The van der Waals surface area contributed by atoms with Crippen molar-refractivity contribution < 1.29 is 13.0 Å². The van der Waals surface area contributed by atoms with Crippen LogP contribution in [0.4, 0.5) is 0 Å². The predicted octanol–water partition coefficient (Wildman–Crippen LogP) is -1.76. The third kappa shape index (κ3) is 1.22. The molecular weight excluding hydrogens is 160 g/mol. The lowest BCUT2D eigenvalue weighted by atomic mass is 11.0. The number of aromatic nitrogens is 3. The van der Waals surface area contributed by atoms with E-state index >= 15 is 0 Å². The maximum atomic E-state index is 10.2. The molecule has 0 unspecified atom stereocenters. The first-order chi connectivity index (χ1) is 4.50. The monoisotopic (exact) mass is 164 g/mol. The summed E-state index contributed by atoms with van der Waals surface area (Å²) < 4.78 is 28.8. The van der Waals surface area contributed by atoms with Crippen LogP contribution in [0.25, 0.3) is 0 Å². The van der Waals surface area contributed by atoms with Crippen LogP contribution in [0.1, 0.15) is 0 Å². The summed E-state index contributed by atoms with van der Waals surface area (Å²) in [5, 5.41) is 5.79. The van der Waals surface area contributed by atoms with E-state index in [0.717, 1.165) is 6.20 Å². The zero-order valence-corrected chi connectivity index (χ0v) is 5.48. The van der Waals surface area contributed by atoms with Crippen LogP contribution >= 0.6 is 0 Å². The van der Waals surface area contributed by atoms with Crippen molar-refractivity contribution in [2.45, 2.75) is 5.03 Å². The largest absolute Gasteiger partial charge is 0.315 e. The van der Waals surface area contributed by atoms with Gasteiger partial charge in [-0.2, -0.15) is 8.42 Å². The zero-order chi connectivity index (χ0) is 7.78. The molecule has 0 saturated carbocycles. The molecule has 0 aliphatic rings. The second-order valence-electron chi connectivity index (χ2n) is 1.48. The predicted molar refractivity (Wildman–Crippen MR) is 30.0 cm³/mol. The summed E-state index contributed by atoms with van der Waals surface area (Å²) in [5.41, 5.74) is 0. The van der Waals surface area contributed by atoms with Gasteiger partial charge in [-0.1, -0.05) is 4.91 Å².